The first kappa shape index (κ1) is 17.9. The van der Waals surface area contributed by atoms with Gasteiger partial charge in [-0.15, -0.1) is 0 Å². The van der Waals surface area contributed by atoms with E-state index in [0.29, 0.717) is 9.33 Å². The van der Waals surface area contributed by atoms with Gasteiger partial charge < -0.3 is 5.32 Å². The minimum absolute atomic E-state index is 0.0629. The first-order valence-corrected chi connectivity index (χ1v) is 9.32. The molecule has 0 unspecified atom stereocenters. The number of nitrogens with zero attached hydrogens (tertiary/aromatic N) is 2. The molecule has 1 N–H and O–H groups in total. The smallest absolute Gasteiger partial charge is 0.269 e. The number of nitriles is 1. The summed E-state index contributed by atoms with van der Waals surface area (Å²) in [6.07, 6.45) is -0.254. The highest BCUT2D eigenvalue weighted by molar-refractivity contribution is 7.90. The van der Waals surface area contributed by atoms with Crippen molar-refractivity contribution in [1.82, 2.24) is 4.31 Å². The van der Waals surface area contributed by atoms with Crippen LogP contribution in [0.25, 0.3) is 0 Å². The van der Waals surface area contributed by atoms with Crippen molar-refractivity contribution in [2.75, 3.05) is 11.9 Å². The molecule has 1 aliphatic rings. The summed E-state index contributed by atoms with van der Waals surface area (Å²) in [5.41, 5.74) is 0.540. The van der Waals surface area contributed by atoms with Crippen LogP contribution in [0.5, 0.6) is 0 Å². The van der Waals surface area contributed by atoms with Crippen LogP contribution in [0, 0.1) is 11.3 Å². The van der Waals surface area contributed by atoms with Crippen LogP contribution in [0.15, 0.2) is 47.4 Å². The van der Waals surface area contributed by atoms with Crippen molar-refractivity contribution in [1.29, 1.82) is 5.26 Å². The van der Waals surface area contributed by atoms with Gasteiger partial charge in [0.15, 0.2) is 0 Å². The second kappa shape index (κ2) is 6.78. The first-order valence-electron chi connectivity index (χ1n) is 7.50. The second-order valence-electron chi connectivity index (χ2n) is 5.48. The van der Waals surface area contributed by atoms with E-state index < -0.39 is 21.8 Å². The van der Waals surface area contributed by atoms with E-state index in [-0.39, 0.29) is 34.7 Å². The summed E-state index contributed by atoms with van der Waals surface area (Å²) in [5.74, 6) is -1.20. The fourth-order valence-electron chi connectivity index (χ4n) is 2.59. The van der Waals surface area contributed by atoms with E-state index in [1.807, 2.05) is 6.07 Å². The monoisotopic (exact) mass is 389 g/mol. The van der Waals surface area contributed by atoms with Gasteiger partial charge in [-0.2, -0.15) is 5.26 Å². The van der Waals surface area contributed by atoms with Gasteiger partial charge in [-0.25, -0.2) is 12.7 Å². The number of rotatable bonds is 4. The van der Waals surface area contributed by atoms with Gasteiger partial charge in [0.25, 0.3) is 15.9 Å². The molecule has 1 heterocycles. The Balaban J connectivity index is 1.73. The third kappa shape index (κ3) is 3.14. The summed E-state index contributed by atoms with van der Waals surface area (Å²) >= 11 is 5.85. The molecule has 0 bridgehead atoms. The number of sulfonamides is 1. The fourth-order valence-corrected chi connectivity index (χ4v) is 4.33. The number of benzene rings is 2. The topological polar surface area (TPSA) is 107 Å². The number of nitrogens with one attached hydrogen (secondary N) is 1. The minimum Gasteiger partial charge on any atom is -0.325 e. The lowest BCUT2D eigenvalue weighted by molar-refractivity contribution is -0.116. The fraction of sp³-hybridized carbons (Fsp3) is 0.118. The van der Waals surface area contributed by atoms with Crippen molar-refractivity contribution in [3.8, 4) is 6.07 Å². The molecule has 0 radical (unpaired) electrons. The molecule has 0 aliphatic carbocycles. The standard InChI is InChI=1S/C17H12ClN3O4S/c18-12-6-5-11(10-19)14(9-12)20-16(22)7-8-21-17(23)13-3-1-2-4-15(13)26(21,24)25/h1-6,9H,7-8H2,(H,20,22). The lowest BCUT2D eigenvalue weighted by Crippen LogP contribution is -2.33. The van der Waals surface area contributed by atoms with Gasteiger partial charge in [0.1, 0.15) is 11.0 Å². The SMILES string of the molecule is N#Cc1ccc(Cl)cc1NC(=O)CCN1C(=O)c2ccccc2S1(=O)=O. The molecule has 0 saturated carbocycles. The van der Waals surface area contributed by atoms with Crippen LogP contribution in [-0.4, -0.2) is 31.1 Å². The second-order valence-corrected chi connectivity index (χ2v) is 7.75. The third-order valence-electron chi connectivity index (χ3n) is 3.83. The Hall–Kier alpha value is -2.89. The maximum atomic E-state index is 12.4. The number of fused-ring (bicyclic) bond motifs is 1. The molecule has 26 heavy (non-hydrogen) atoms. The van der Waals surface area contributed by atoms with E-state index in [2.05, 4.69) is 5.32 Å². The van der Waals surface area contributed by atoms with E-state index in [1.165, 1.54) is 36.4 Å². The normalized spacial score (nSPS) is 14.6. The molecule has 2 aromatic carbocycles. The summed E-state index contributed by atoms with van der Waals surface area (Å²) < 4.78 is 25.5. The molecular formula is C17H12ClN3O4S. The van der Waals surface area contributed by atoms with Crippen molar-refractivity contribution in [2.45, 2.75) is 11.3 Å². The number of hydrogen-bond acceptors (Lipinski definition) is 5. The van der Waals surface area contributed by atoms with Gasteiger partial charge in [0.05, 0.1) is 16.8 Å². The average molecular weight is 390 g/mol. The maximum Gasteiger partial charge on any atom is 0.269 e. The zero-order valence-corrected chi connectivity index (χ0v) is 14.8. The van der Waals surface area contributed by atoms with E-state index >= 15 is 0 Å². The minimum atomic E-state index is -3.95. The summed E-state index contributed by atoms with van der Waals surface area (Å²) in [6, 6.07) is 12.2. The number of halogens is 1. The molecule has 132 valence electrons. The quantitative estimate of drug-likeness (QED) is 0.863. The molecule has 0 aromatic heterocycles. The Labute approximate surface area is 154 Å². The van der Waals surface area contributed by atoms with Crippen LogP contribution in [0.3, 0.4) is 0 Å². The van der Waals surface area contributed by atoms with Crippen LogP contribution < -0.4 is 5.32 Å². The highest BCUT2D eigenvalue weighted by Crippen LogP contribution is 2.30. The Morgan fingerprint density at radius 1 is 1.23 bits per heavy atom. The van der Waals surface area contributed by atoms with Crippen LogP contribution >= 0.6 is 11.6 Å². The lowest BCUT2D eigenvalue weighted by Gasteiger charge is -2.15. The Morgan fingerprint density at radius 2 is 1.96 bits per heavy atom. The van der Waals surface area contributed by atoms with E-state index in [1.54, 1.807) is 6.07 Å². The molecule has 2 aromatic rings. The van der Waals surface area contributed by atoms with Gasteiger partial charge in [0.2, 0.25) is 5.91 Å². The highest BCUT2D eigenvalue weighted by Gasteiger charge is 2.40. The zero-order chi connectivity index (χ0) is 18.9. The summed E-state index contributed by atoms with van der Waals surface area (Å²) in [6.45, 7) is -0.301. The van der Waals surface area contributed by atoms with E-state index in [9.17, 15) is 18.0 Å². The van der Waals surface area contributed by atoms with Crippen molar-refractivity contribution >= 4 is 39.1 Å². The molecule has 3 rings (SSSR count). The van der Waals surface area contributed by atoms with Crippen LogP contribution in [0.2, 0.25) is 5.02 Å². The van der Waals surface area contributed by atoms with Crippen molar-refractivity contribution in [3.63, 3.8) is 0 Å². The molecule has 0 spiro atoms. The van der Waals surface area contributed by atoms with Gasteiger partial charge in [-0.1, -0.05) is 23.7 Å². The van der Waals surface area contributed by atoms with Crippen molar-refractivity contribution < 1.29 is 18.0 Å². The van der Waals surface area contributed by atoms with Gasteiger partial charge in [0, 0.05) is 18.0 Å². The highest BCUT2D eigenvalue weighted by atomic mass is 35.5. The predicted octanol–water partition coefficient (Wildman–Crippen LogP) is 2.38. The molecule has 0 atom stereocenters. The number of amides is 2. The molecule has 9 heteroatoms. The summed E-state index contributed by atoms with van der Waals surface area (Å²) in [7, 11) is -3.95. The van der Waals surface area contributed by atoms with Crippen molar-refractivity contribution in [2.24, 2.45) is 0 Å². The van der Waals surface area contributed by atoms with Crippen LogP contribution in [0.4, 0.5) is 5.69 Å². The lowest BCUT2D eigenvalue weighted by atomic mass is 10.2. The number of hydrogen-bond donors (Lipinski definition) is 1. The largest absolute Gasteiger partial charge is 0.325 e. The molecule has 7 nitrogen and oxygen atoms in total. The Morgan fingerprint density at radius 3 is 2.65 bits per heavy atom. The molecular weight excluding hydrogens is 378 g/mol. The predicted molar refractivity (Wildman–Crippen MR) is 94.1 cm³/mol. The summed E-state index contributed by atoms with van der Waals surface area (Å²) in [4.78, 5) is 24.4. The van der Waals surface area contributed by atoms with Crippen molar-refractivity contribution in [3.05, 3.63) is 58.6 Å². The molecule has 0 saturated heterocycles. The molecule has 2 amide bonds. The maximum absolute atomic E-state index is 12.4. The van der Waals surface area contributed by atoms with Crippen LogP contribution in [-0.2, 0) is 14.8 Å². The molecule has 0 fully saturated rings. The Bertz CT molecular complexity index is 1060. The number of carbonyl (C=O) groups excluding carboxylic acids is 2. The summed E-state index contributed by atoms with van der Waals surface area (Å²) in [5, 5.41) is 11.9. The molecule has 1 aliphatic heterocycles. The number of carbonyl (C=O) groups is 2. The van der Waals surface area contributed by atoms with E-state index in [0.717, 1.165) is 0 Å². The van der Waals surface area contributed by atoms with E-state index in [4.69, 9.17) is 16.9 Å². The van der Waals surface area contributed by atoms with Crippen LogP contribution in [0.1, 0.15) is 22.3 Å². The number of anilines is 1. The average Bonchev–Trinajstić information content (AvgIpc) is 2.80. The zero-order valence-electron chi connectivity index (χ0n) is 13.3. The van der Waals surface area contributed by atoms with Gasteiger partial charge >= 0.3 is 0 Å². The first-order chi connectivity index (χ1) is 12.3. The van der Waals surface area contributed by atoms with Gasteiger partial charge in [-0.3, -0.25) is 9.59 Å². The van der Waals surface area contributed by atoms with Gasteiger partial charge in [-0.05, 0) is 30.3 Å². The Kier molecular flexibility index (Phi) is 4.68. The third-order valence-corrected chi connectivity index (χ3v) is 5.91.